The van der Waals surface area contributed by atoms with Crippen LogP contribution in [0.1, 0.15) is 0 Å². The van der Waals surface area contributed by atoms with E-state index in [-0.39, 0.29) is 30.7 Å². The van der Waals surface area contributed by atoms with Gasteiger partial charge in [0.05, 0.1) is 13.2 Å². The van der Waals surface area contributed by atoms with Crippen molar-refractivity contribution in [2.24, 2.45) is 5.84 Å². The minimum atomic E-state index is -0.904. The van der Waals surface area contributed by atoms with Gasteiger partial charge in [0.1, 0.15) is 6.04 Å². The summed E-state index contributed by atoms with van der Waals surface area (Å²) in [5.74, 6) is 2.59. The van der Waals surface area contributed by atoms with Crippen LogP contribution < -0.4 is 21.5 Å². The Labute approximate surface area is 114 Å². The number of nitrogens with two attached hydrogens (primary N) is 1. The molecule has 7 nitrogen and oxygen atoms in total. The third-order valence-corrected chi connectivity index (χ3v) is 3.00. The molecular formula is C11H15F2N5O2. The van der Waals surface area contributed by atoms with Gasteiger partial charge >= 0.3 is 0 Å². The maximum Gasteiger partial charge on any atom is 0.244 e. The number of morpholine rings is 1. The first-order valence-corrected chi connectivity index (χ1v) is 5.97. The molecule has 2 rings (SSSR count). The van der Waals surface area contributed by atoms with Crippen molar-refractivity contribution in [2.75, 3.05) is 37.1 Å². The van der Waals surface area contributed by atoms with Crippen LogP contribution in [-0.4, -0.2) is 43.7 Å². The van der Waals surface area contributed by atoms with Gasteiger partial charge in [0.25, 0.3) is 0 Å². The first-order valence-electron chi connectivity index (χ1n) is 5.97. The van der Waals surface area contributed by atoms with Crippen LogP contribution in [0, 0.1) is 11.6 Å². The van der Waals surface area contributed by atoms with Crippen molar-refractivity contribution in [3.05, 3.63) is 17.7 Å². The fourth-order valence-corrected chi connectivity index (χ4v) is 2.00. The van der Waals surface area contributed by atoms with Crippen molar-refractivity contribution in [1.29, 1.82) is 0 Å². The molecule has 0 aliphatic carbocycles. The number of nitrogens with zero attached hydrogens (tertiary/aromatic N) is 2. The number of halogens is 2. The van der Waals surface area contributed by atoms with E-state index in [9.17, 15) is 13.6 Å². The summed E-state index contributed by atoms with van der Waals surface area (Å²) in [7, 11) is 1.47. The Bertz CT molecular complexity index is 514. The largest absolute Gasteiger partial charge is 0.377 e. The Morgan fingerprint density at radius 2 is 2.30 bits per heavy atom. The van der Waals surface area contributed by atoms with Crippen LogP contribution in [0.25, 0.3) is 0 Å². The van der Waals surface area contributed by atoms with E-state index in [4.69, 9.17) is 10.6 Å². The molecule has 0 saturated carbocycles. The molecule has 1 unspecified atom stereocenters. The summed E-state index contributed by atoms with van der Waals surface area (Å²) < 4.78 is 32.5. The number of hydrazine groups is 1. The van der Waals surface area contributed by atoms with Gasteiger partial charge in [-0.25, -0.2) is 19.6 Å². The predicted octanol–water partition coefficient (Wildman–Crippen LogP) is -0.403. The highest BCUT2D eigenvalue weighted by Crippen LogP contribution is 2.25. The second kappa shape index (κ2) is 5.97. The maximum absolute atomic E-state index is 13.9. The lowest BCUT2D eigenvalue weighted by molar-refractivity contribution is -0.124. The monoisotopic (exact) mass is 287 g/mol. The van der Waals surface area contributed by atoms with Crippen molar-refractivity contribution in [3.8, 4) is 0 Å². The first-order chi connectivity index (χ1) is 9.58. The highest BCUT2D eigenvalue weighted by Gasteiger charge is 2.32. The number of nitrogen functional groups attached to an aromatic ring is 1. The molecule has 1 atom stereocenters. The summed E-state index contributed by atoms with van der Waals surface area (Å²) in [6, 6.07) is -0.0553. The van der Waals surface area contributed by atoms with E-state index in [1.165, 1.54) is 11.9 Å². The van der Waals surface area contributed by atoms with Gasteiger partial charge in [0, 0.05) is 19.7 Å². The number of nitrogens with one attached hydrogen (secondary N) is 2. The number of rotatable bonds is 3. The zero-order valence-corrected chi connectivity index (χ0v) is 10.8. The van der Waals surface area contributed by atoms with Crippen LogP contribution in [0.15, 0.2) is 6.07 Å². The summed E-state index contributed by atoms with van der Waals surface area (Å²) in [4.78, 5) is 17.0. The van der Waals surface area contributed by atoms with Crippen molar-refractivity contribution in [1.82, 2.24) is 10.3 Å². The third-order valence-electron chi connectivity index (χ3n) is 3.00. The van der Waals surface area contributed by atoms with E-state index in [2.05, 4.69) is 10.3 Å². The number of carbonyl (C=O) groups is 1. The zero-order valence-electron chi connectivity index (χ0n) is 10.8. The van der Waals surface area contributed by atoms with Gasteiger partial charge in [0.2, 0.25) is 5.91 Å². The Hall–Kier alpha value is -2.00. The molecule has 1 aliphatic heterocycles. The molecule has 1 fully saturated rings. The highest BCUT2D eigenvalue weighted by atomic mass is 19.1. The van der Waals surface area contributed by atoms with Crippen LogP contribution >= 0.6 is 0 Å². The first kappa shape index (κ1) is 14.4. The van der Waals surface area contributed by atoms with Crippen molar-refractivity contribution < 1.29 is 18.3 Å². The number of likely N-dealkylation sites (N-methyl/N-ethyl adjacent to an activating group) is 1. The van der Waals surface area contributed by atoms with Crippen molar-refractivity contribution >= 4 is 17.5 Å². The van der Waals surface area contributed by atoms with E-state index >= 15 is 0 Å². The average Bonchev–Trinajstić information content (AvgIpc) is 2.47. The number of pyridine rings is 1. The number of anilines is 2. The number of hydrogen-bond acceptors (Lipinski definition) is 6. The summed E-state index contributed by atoms with van der Waals surface area (Å²) in [5, 5.41) is 2.47. The van der Waals surface area contributed by atoms with Crippen molar-refractivity contribution in [2.45, 2.75) is 6.04 Å². The topological polar surface area (TPSA) is 92.5 Å². The van der Waals surface area contributed by atoms with E-state index in [1.54, 1.807) is 0 Å². The molecule has 1 saturated heterocycles. The summed E-state index contributed by atoms with van der Waals surface area (Å²) in [6.07, 6.45) is 0. The SMILES string of the molecule is CNC(=O)C1COCCN1c1nc(NN)c(F)cc1F. The van der Waals surface area contributed by atoms with Gasteiger partial charge in [-0.05, 0) is 0 Å². The molecule has 0 aromatic carbocycles. The van der Waals surface area contributed by atoms with Crippen LogP contribution in [0.2, 0.25) is 0 Å². The number of ether oxygens (including phenoxy) is 1. The molecular weight excluding hydrogens is 272 g/mol. The molecule has 2 heterocycles. The second-order valence-electron chi connectivity index (χ2n) is 4.17. The zero-order chi connectivity index (χ0) is 14.7. The predicted molar refractivity (Wildman–Crippen MR) is 68.0 cm³/mol. The molecule has 1 aromatic rings. The van der Waals surface area contributed by atoms with Crippen LogP contribution in [0.3, 0.4) is 0 Å². The Morgan fingerprint density at radius 1 is 1.55 bits per heavy atom. The summed E-state index contributed by atoms with van der Waals surface area (Å²) in [6.45, 7) is 0.679. The second-order valence-corrected chi connectivity index (χ2v) is 4.17. The van der Waals surface area contributed by atoms with Crippen LogP contribution in [0.4, 0.5) is 20.4 Å². The molecule has 9 heteroatoms. The lowest BCUT2D eigenvalue weighted by Crippen LogP contribution is -2.54. The van der Waals surface area contributed by atoms with Gasteiger partial charge in [0.15, 0.2) is 23.3 Å². The summed E-state index contributed by atoms with van der Waals surface area (Å²) in [5.41, 5.74) is 2.05. The maximum atomic E-state index is 13.9. The number of carbonyl (C=O) groups excluding carboxylic acids is 1. The van der Waals surface area contributed by atoms with Gasteiger partial charge in [-0.3, -0.25) is 4.79 Å². The Morgan fingerprint density at radius 3 is 2.95 bits per heavy atom. The lowest BCUT2D eigenvalue weighted by Gasteiger charge is -2.35. The van der Waals surface area contributed by atoms with Crippen LogP contribution in [-0.2, 0) is 9.53 Å². The normalized spacial score (nSPS) is 18.8. The van der Waals surface area contributed by atoms with Gasteiger partial charge in [-0.2, -0.15) is 0 Å². The molecule has 1 aliphatic rings. The number of hydrogen-bond donors (Lipinski definition) is 3. The highest BCUT2D eigenvalue weighted by molar-refractivity contribution is 5.85. The third kappa shape index (κ3) is 2.63. The molecule has 20 heavy (non-hydrogen) atoms. The van der Waals surface area contributed by atoms with E-state index in [0.717, 1.165) is 0 Å². The Balaban J connectivity index is 2.39. The van der Waals surface area contributed by atoms with Gasteiger partial charge in [-0.1, -0.05) is 0 Å². The molecule has 4 N–H and O–H groups in total. The van der Waals surface area contributed by atoms with E-state index in [1.807, 2.05) is 5.43 Å². The number of aromatic nitrogens is 1. The molecule has 110 valence electrons. The molecule has 0 spiro atoms. The lowest BCUT2D eigenvalue weighted by atomic mass is 10.2. The van der Waals surface area contributed by atoms with Crippen molar-refractivity contribution in [3.63, 3.8) is 0 Å². The van der Waals surface area contributed by atoms with Gasteiger partial charge < -0.3 is 20.4 Å². The smallest absolute Gasteiger partial charge is 0.244 e. The summed E-state index contributed by atoms with van der Waals surface area (Å²) >= 11 is 0. The van der Waals surface area contributed by atoms with E-state index in [0.29, 0.717) is 12.7 Å². The molecule has 1 aromatic heterocycles. The fourth-order valence-electron chi connectivity index (χ4n) is 2.00. The minimum Gasteiger partial charge on any atom is -0.377 e. The van der Waals surface area contributed by atoms with Crippen LogP contribution in [0.5, 0.6) is 0 Å². The van der Waals surface area contributed by atoms with E-state index < -0.39 is 17.7 Å². The standard InChI is InChI=1S/C11H15F2N5O2/c1-15-11(19)8-5-20-3-2-18(8)10-7(13)4-6(12)9(16-10)17-14/h4,8H,2-3,5,14H2,1H3,(H,15,19)(H,16,17). The minimum absolute atomic E-state index is 0.101. The Kier molecular flexibility index (Phi) is 4.30. The fraction of sp³-hybridized carbons (Fsp3) is 0.455. The van der Waals surface area contributed by atoms with Gasteiger partial charge in [-0.15, -0.1) is 0 Å². The quantitative estimate of drug-likeness (QED) is 0.517. The molecule has 0 bridgehead atoms. The molecule has 0 radical (unpaired) electrons. The average molecular weight is 287 g/mol. The molecule has 1 amide bonds. The number of amides is 1.